The molecule has 0 saturated heterocycles. The maximum atomic E-state index is 13.3. The Morgan fingerprint density at radius 2 is 1.56 bits per heavy atom. The van der Waals surface area contributed by atoms with E-state index in [4.69, 9.17) is 5.73 Å². The summed E-state index contributed by atoms with van der Waals surface area (Å²) >= 11 is 0. The Morgan fingerprint density at radius 1 is 1.04 bits per heavy atom. The summed E-state index contributed by atoms with van der Waals surface area (Å²) in [7, 11) is 0. The van der Waals surface area contributed by atoms with Crippen LogP contribution < -0.4 is 11.1 Å². The summed E-state index contributed by atoms with van der Waals surface area (Å²) < 4.78 is 13.3. The van der Waals surface area contributed by atoms with Crippen molar-refractivity contribution in [3.8, 4) is 0 Å². The van der Waals surface area contributed by atoms with Crippen molar-refractivity contribution in [3.05, 3.63) is 35.6 Å². The number of primary amides is 1. The highest BCUT2D eigenvalue weighted by molar-refractivity contribution is 5.98. The number of nitrogens with two attached hydrogens (primary N) is 1. The second-order valence-electron chi connectivity index (χ2n) is 8.29. The smallest absolute Gasteiger partial charge is 0.243 e. The Balaban J connectivity index is 1.91. The third-order valence-corrected chi connectivity index (χ3v) is 6.24. The second-order valence-corrected chi connectivity index (χ2v) is 8.29. The van der Waals surface area contributed by atoms with E-state index in [9.17, 15) is 14.0 Å². The van der Waals surface area contributed by atoms with Crippen LogP contribution in [0.25, 0.3) is 0 Å². The lowest BCUT2D eigenvalue weighted by atomic mass is 9.83. The van der Waals surface area contributed by atoms with Crippen LogP contribution in [0, 0.1) is 11.2 Å². The maximum Gasteiger partial charge on any atom is 0.243 e. The van der Waals surface area contributed by atoms with Crippen LogP contribution >= 0.6 is 0 Å². The second kappa shape index (κ2) is 6.11. The fourth-order valence-electron chi connectivity index (χ4n) is 4.45. The van der Waals surface area contributed by atoms with E-state index in [1.54, 1.807) is 12.1 Å². The van der Waals surface area contributed by atoms with E-state index < -0.39 is 16.9 Å². The Bertz CT molecular complexity index is 675. The van der Waals surface area contributed by atoms with Crippen molar-refractivity contribution in [2.24, 2.45) is 11.1 Å². The average Bonchev–Trinajstić information content (AvgIpc) is 3.21. The van der Waals surface area contributed by atoms with Crippen molar-refractivity contribution in [2.75, 3.05) is 0 Å². The lowest BCUT2D eigenvalue weighted by Crippen LogP contribution is -2.59. The molecule has 2 aliphatic carbocycles. The van der Waals surface area contributed by atoms with Gasteiger partial charge in [-0.3, -0.25) is 9.59 Å². The molecule has 0 aromatic heterocycles. The molecule has 136 valence electrons. The summed E-state index contributed by atoms with van der Waals surface area (Å²) in [4.78, 5) is 25.5. The van der Waals surface area contributed by atoms with Crippen molar-refractivity contribution in [2.45, 2.75) is 69.7 Å². The summed E-state index contributed by atoms with van der Waals surface area (Å²) in [5, 5.41) is 3.04. The number of benzene rings is 1. The predicted molar refractivity (Wildman–Crippen MR) is 94.2 cm³/mol. The quantitative estimate of drug-likeness (QED) is 0.822. The number of nitrogens with one attached hydrogen (secondary N) is 1. The van der Waals surface area contributed by atoms with E-state index in [0.29, 0.717) is 19.3 Å². The SMILES string of the molecule is CC1(C)C[C@]1(C(=O)NC1(C(N)=O)CCCCCC1)c1ccc(F)cc1. The number of hydrogen-bond donors (Lipinski definition) is 2. The lowest BCUT2D eigenvalue weighted by Gasteiger charge is -2.33. The Labute approximate surface area is 148 Å². The molecule has 3 rings (SSSR count). The number of halogens is 1. The van der Waals surface area contributed by atoms with Gasteiger partial charge in [0, 0.05) is 0 Å². The molecule has 1 aromatic carbocycles. The van der Waals surface area contributed by atoms with Crippen LogP contribution in [0.15, 0.2) is 24.3 Å². The minimum Gasteiger partial charge on any atom is -0.368 e. The highest BCUT2D eigenvalue weighted by atomic mass is 19.1. The van der Waals surface area contributed by atoms with Gasteiger partial charge in [0.1, 0.15) is 11.4 Å². The van der Waals surface area contributed by atoms with E-state index in [0.717, 1.165) is 31.2 Å². The van der Waals surface area contributed by atoms with Gasteiger partial charge in [0.15, 0.2) is 0 Å². The molecule has 2 amide bonds. The van der Waals surface area contributed by atoms with Crippen molar-refractivity contribution >= 4 is 11.8 Å². The molecule has 25 heavy (non-hydrogen) atoms. The molecule has 1 atom stereocenters. The zero-order valence-corrected chi connectivity index (χ0v) is 15.0. The van der Waals surface area contributed by atoms with Crippen LogP contribution in [-0.2, 0) is 15.0 Å². The van der Waals surface area contributed by atoms with Gasteiger partial charge in [-0.15, -0.1) is 0 Å². The van der Waals surface area contributed by atoms with Crippen molar-refractivity contribution < 1.29 is 14.0 Å². The zero-order valence-electron chi connectivity index (χ0n) is 15.0. The van der Waals surface area contributed by atoms with Gasteiger partial charge in [-0.1, -0.05) is 51.7 Å². The minimum absolute atomic E-state index is 0.162. The van der Waals surface area contributed by atoms with Crippen LogP contribution in [0.3, 0.4) is 0 Å². The minimum atomic E-state index is -0.959. The van der Waals surface area contributed by atoms with Gasteiger partial charge in [-0.2, -0.15) is 0 Å². The first kappa shape index (κ1) is 17.9. The van der Waals surface area contributed by atoms with E-state index >= 15 is 0 Å². The standard InChI is InChI=1S/C20H27FN2O2/c1-18(2)13-20(18,14-7-9-15(21)10-8-14)17(25)23-19(16(22)24)11-5-3-4-6-12-19/h7-10H,3-6,11-13H2,1-2H3,(H2,22,24)(H,23,25)/t20-/m1/s1. The summed E-state index contributed by atoms with van der Waals surface area (Å²) in [5.41, 5.74) is 4.58. The molecular weight excluding hydrogens is 319 g/mol. The van der Waals surface area contributed by atoms with Gasteiger partial charge in [-0.05, 0) is 42.4 Å². The topological polar surface area (TPSA) is 72.2 Å². The Hall–Kier alpha value is -1.91. The molecule has 4 nitrogen and oxygen atoms in total. The molecule has 0 unspecified atom stereocenters. The third-order valence-electron chi connectivity index (χ3n) is 6.24. The largest absolute Gasteiger partial charge is 0.368 e. The van der Waals surface area contributed by atoms with Crippen molar-refractivity contribution in [3.63, 3.8) is 0 Å². The number of amides is 2. The molecule has 2 aliphatic rings. The monoisotopic (exact) mass is 346 g/mol. The highest BCUT2D eigenvalue weighted by Gasteiger charge is 2.67. The van der Waals surface area contributed by atoms with E-state index in [1.165, 1.54) is 12.1 Å². The van der Waals surface area contributed by atoms with Crippen LogP contribution in [0.5, 0.6) is 0 Å². The summed E-state index contributed by atoms with van der Waals surface area (Å²) in [6.45, 7) is 4.06. The molecule has 0 spiro atoms. The highest BCUT2D eigenvalue weighted by Crippen LogP contribution is 2.64. The number of rotatable bonds is 4. The molecule has 3 N–H and O–H groups in total. The molecule has 0 aliphatic heterocycles. The molecule has 1 aromatic rings. The first-order chi connectivity index (χ1) is 11.7. The molecule has 5 heteroatoms. The maximum absolute atomic E-state index is 13.3. The molecule has 0 radical (unpaired) electrons. The molecule has 0 bridgehead atoms. The van der Waals surface area contributed by atoms with E-state index in [2.05, 4.69) is 5.32 Å². The number of carbonyl (C=O) groups excluding carboxylic acids is 2. The first-order valence-electron chi connectivity index (χ1n) is 9.12. The summed E-state index contributed by atoms with van der Waals surface area (Å²) in [5.74, 6) is -0.935. The van der Waals surface area contributed by atoms with Crippen LogP contribution in [0.2, 0.25) is 0 Å². The van der Waals surface area contributed by atoms with E-state index in [-0.39, 0.29) is 17.1 Å². The number of hydrogen-bond acceptors (Lipinski definition) is 2. The van der Waals surface area contributed by atoms with E-state index in [1.807, 2.05) is 13.8 Å². The van der Waals surface area contributed by atoms with Gasteiger partial charge < -0.3 is 11.1 Å². The van der Waals surface area contributed by atoms with Crippen LogP contribution in [0.1, 0.15) is 64.4 Å². The normalized spacial score (nSPS) is 27.2. The first-order valence-corrected chi connectivity index (χ1v) is 9.12. The Morgan fingerprint density at radius 3 is 2.00 bits per heavy atom. The van der Waals surface area contributed by atoms with Gasteiger partial charge >= 0.3 is 0 Å². The molecule has 2 saturated carbocycles. The van der Waals surface area contributed by atoms with Gasteiger partial charge in [0.25, 0.3) is 0 Å². The van der Waals surface area contributed by atoms with Gasteiger partial charge in [0.05, 0.1) is 5.41 Å². The Kier molecular flexibility index (Phi) is 4.38. The third kappa shape index (κ3) is 2.94. The summed E-state index contributed by atoms with van der Waals surface area (Å²) in [6, 6.07) is 6.12. The van der Waals surface area contributed by atoms with Crippen molar-refractivity contribution in [1.82, 2.24) is 5.32 Å². The lowest BCUT2D eigenvalue weighted by molar-refractivity contribution is -0.134. The molecular formula is C20H27FN2O2. The molecule has 2 fully saturated rings. The average molecular weight is 346 g/mol. The summed E-state index contributed by atoms with van der Waals surface area (Å²) in [6.07, 6.45) is 5.74. The molecule has 0 heterocycles. The van der Waals surface area contributed by atoms with Crippen LogP contribution in [0.4, 0.5) is 4.39 Å². The predicted octanol–water partition coefficient (Wildman–Crippen LogP) is 3.19. The fourth-order valence-corrected chi connectivity index (χ4v) is 4.45. The van der Waals surface area contributed by atoms with Gasteiger partial charge in [0.2, 0.25) is 11.8 Å². The zero-order chi connectivity index (χ0) is 18.3. The fraction of sp³-hybridized carbons (Fsp3) is 0.600. The van der Waals surface area contributed by atoms with Gasteiger partial charge in [-0.25, -0.2) is 4.39 Å². The van der Waals surface area contributed by atoms with Crippen LogP contribution in [-0.4, -0.2) is 17.4 Å². The van der Waals surface area contributed by atoms with Crippen molar-refractivity contribution in [1.29, 1.82) is 0 Å². The number of carbonyl (C=O) groups is 2.